The molecule has 0 radical (unpaired) electrons. The van der Waals surface area contributed by atoms with Crippen molar-refractivity contribution in [1.82, 2.24) is 5.06 Å². The highest BCUT2D eigenvalue weighted by atomic mass is 16.7. The fourth-order valence-electron chi connectivity index (χ4n) is 2.55. The van der Waals surface area contributed by atoms with Crippen molar-refractivity contribution < 1.29 is 9.63 Å². The lowest BCUT2D eigenvalue weighted by Gasteiger charge is -2.26. The Morgan fingerprint density at radius 3 is 2.55 bits per heavy atom. The smallest absolute Gasteiger partial charge is 0.330 e. The number of carbonyl (C=O) groups excluding carboxylic acids is 1. The zero-order valence-corrected chi connectivity index (χ0v) is 14.1. The van der Waals surface area contributed by atoms with Gasteiger partial charge >= 0.3 is 5.97 Å². The summed E-state index contributed by atoms with van der Waals surface area (Å²) in [6, 6.07) is 5.96. The lowest BCUT2D eigenvalue weighted by Crippen LogP contribution is -2.31. The van der Waals surface area contributed by atoms with E-state index in [9.17, 15) is 4.79 Å². The molecule has 1 aromatic rings. The van der Waals surface area contributed by atoms with E-state index in [1.807, 2.05) is 32.9 Å². The molecule has 0 atom stereocenters. The summed E-state index contributed by atoms with van der Waals surface area (Å²) in [5, 5.41) is 1.59. The Morgan fingerprint density at radius 2 is 1.95 bits per heavy atom. The summed E-state index contributed by atoms with van der Waals surface area (Å²) in [5.74, 6) is -0.235. The predicted octanol–water partition coefficient (Wildman–Crippen LogP) is 2.81. The Balaban J connectivity index is 2.11. The van der Waals surface area contributed by atoms with Gasteiger partial charge in [0.15, 0.2) is 0 Å². The normalized spacial score (nSPS) is 15.4. The van der Waals surface area contributed by atoms with E-state index in [1.165, 1.54) is 18.5 Å². The molecule has 0 aliphatic carbocycles. The van der Waals surface area contributed by atoms with Crippen LogP contribution in [0, 0.1) is 5.41 Å². The van der Waals surface area contributed by atoms with Gasteiger partial charge < -0.3 is 15.5 Å². The van der Waals surface area contributed by atoms with Crippen LogP contribution in [0.1, 0.15) is 39.2 Å². The van der Waals surface area contributed by atoms with Crippen LogP contribution in [-0.4, -0.2) is 31.2 Å². The van der Waals surface area contributed by atoms with Crippen molar-refractivity contribution in [3.05, 3.63) is 23.8 Å². The first-order valence-electron chi connectivity index (χ1n) is 7.84. The molecule has 1 aliphatic rings. The third-order valence-corrected chi connectivity index (χ3v) is 3.79. The second-order valence-electron chi connectivity index (χ2n) is 7.00. The number of nitrogens with zero attached hydrogens (tertiary/aromatic N) is 2. The molecule has 0 saturated carbocycles. The number of carbonyl (C=O) groups is 1. The van der Waals surface area contributed by atoms with E-state index >= 15 is 0 Å². The summed E-state index contributed by atoms with van der Waals surface area (Å²) in [6.45, 7) is 8.21. The molecule has 1 aliphatic heterocycles. The molecule has 2 N–H and O–H groups in total. The molecule has 1 heterocycles. The third-order valence-electron chi connectivity index (χ3n) is 3.79. The standard InChI is InChI=1S/C17H27N3O2/c1-17(2,3)16(21)22-19(4)12-13-11-14(18)7-8-15(13)20-9-5-6-10-20/h7-8,11H,5-6,9-10,12,18H2,1-4H3. The van der Waals surface area contributed by atoms with Gasteiger partial charge in [-0.2, -0.15) is 0 Å². The van der Waals surface area contributed by atoms with E-state index < -0.39 is 5.41 Å². The van der Waals surface area contributed by atoms with Gasteiger partial charge in [0.25, 0.3) is 0 Å². The highest BCUT2D eigenvalue weighted by molar-refractivity contribution is 5.75. The maximum atomic E-state index is 12.0. The largest absolute Gasteiger partial charge is 0.399 e. The quantitative estimate of drug-likeness (QED) is 0.684. The number of hydrogen-bond donors (Lipinski definition) is 1. The van der Waals surface area contributed by atoms with Gasteiger partial charge in [0, 0.05) is 31.5 Å². The summed E-state index contributed by atoms with van der Waals surface area (Å²) in [4.78, 5) is 19.8. The molecule has 0 amide bonds. The summed E-state index contributed by atoms with van der Waals surface area (Å²) in [5.41, 5.74) is 8.42. The molecule has 0 spiro atoms. The van der Waals surface area contributed by atoms with Gasteiger partial charge in [-0.3, -0.25) is 0 Å². The molecule has 5 heteroatoms. The van der Waals surface area contributed by atoms with E-state index in [4.69, 9.17) is 10.6 Å². The molecule has 5 nitrogen and oxygen atoms in total. The highest BCUT2D eigenvalue weighted by Crippen LogP contribution is 2.28. The molecule has 122 valence electrons. The number of benzene rings is 1. The number of nitrogens with two attached hydrogens (primary N) is 1. The van der Waals surface area contributed by atoms with Crippen LogP contribution in [0.5, 0.6) is 0 Å². The lowest BCUT2D eigenvalue weighted by atomic mass is 9.98. The van der Waals surface area contributed by atoms with Crippen LogP contribution in [0.3, 0.4) is 0 Å². The van der Waals surface area contributed by atoms with Crippen LogP contribution in [-0.2, 0) is 16.2 Å². The van der Waals surface area contributed by atoms with Crippen molar-refractivity contribution in [2.45, 2.75) is 40.2 Å². The maximum Gasteiger partial charge on any atom is 0.330 e. The summed E-state index contributed by atoms with van der Waals surface area (Å²) in [7, 11) is 1.78. The number of hydroxylamine groups is 2. The number of rotatable bonds is 4. The minimum Gasteiger partial charge on any atom is -0.399 e. The van der Waals surface area contributed by atoms with Gasteiger partial charge in [-0.05, 0) is 57.4 Å². The first-order chi connectivity index (χ1) is 10.3. The molecule has 1 saturated heterocycles. The van der Waals surface area contributed by atoms with Crippen molar-refractivity contribution in [2.75, 3.05) is 30.8 Å². The second-order valence-corrected chi connectivity index (χ2v) is 7.00. The lowest BCUT2D eigenvalue weighted by molar-refractivity contribution is -0.196. The number of hydrogen-bond acceptors (Lipinski definition) is 5. The summed E-state index contributed by atoms with van der Waals surface area (Å²) >= 11 is 0. The number of nitrogen functional groups attached to an aromatic ring is 1. The fraction of sp³-hybridized carbons (Fsp3) is 0.588. The average Bonchev–Trinajstić information content (AvgIpc) is 2.91. The number of anilines is 2. The van der Waals surface area contributed by atoms with Crippen LogP contribution in [0.4, 0.5) is 11.4 Å². The van der Waals surface area contributed by atoms with Crippen molar-refractivity contribution in [2.24, 2.45) is 5.41 Å². The topological polar surface area (TPSA) is 58.8 Å². The van der Waals surface area contributed by atoms with Crippen LogP contribution < -0.4 is 10.6 Å². The zero-order valence-electron chi connectivity index (χ0n) is 14.1. The molecule has 0 bridgehead atoms. The van der Waals surface area contributed by atoms with Crippen molar-refractivity contribution in [3.8, 4) is 0 Å². The van der Waals surface area contributed by atoms with Crippen molar-refractivity contribution >= 4 is 17.3 Å². The Bertz CT molecular complexity index is 531. The van der Waals surface area contributed by atoms with E-state index in [-0.39, 0.29) is 5.97 Å². The molecule has 0 unspecified atom stereocenters. The van der Waals surface area contributed by atoms with Crippen LogP contribution in [0.2, 0.25) is 0 Å². The van der Waals surface area contributed by atoms with Crippen molar-refractivity contribution in [1.29, 1.82) is 0 Å². The molecule has 2 rings (SSSR count). The average molecular weight is 305 g/mol. The SMILES string of the molecule is CN(Cc1cc(N)ccc1N1CCCC1)OC(=O)C(C)(C)C. The van der Waals surface area contributed by atoms with Crippen LogP contribution >= 0.6 is 0 Å². The van der Waals surface area contributed by atoms with E-state index in [1.54, 1.807) is 12.1 Å². The van der Waals surface area contributed by atoms with Crippen molar-refractivity contribution in [3.63, 3.8) is 0 Å². The Morgan fingerprint density at radius 1 is 1.32 bits per heavy atom. The van der Waals surface area contributed by atoms with Gasteiger partial charge in [0.05, 0.1) is 12.0 Å². The highest BCUT2D eigenvalue weighted by Gasteiger charge is 2.25. The fourth-order valence-corrected chi connectivity index (χ4v) is 2.55. The second kappa shape index (κ2) is 6.57. The first kappa shape index (κ1) is 16.6. The Labute approximate surface area is 133 Å². The summed E-state index contributed by atoms with van der Waals surface area (Å²) < 4.78 is 0. The van der Waals surface area contributed by atoms with E-state index in [2.05, 4.69) is 11.0 Å². The van der Waals surface area contributed by atoms with Crippen LogP contribution in [0.15, 0.2) is 18.2 Å². The van der Waals surface area contributed by atoms with Gasteiger partial charge in [-0.25, -0.2) is 4.79 Å². The minimum absolute atomic E-state index is 0.235. The predicted molar refractivity (Wildman–Crippen MR) is 89.3 cm³/mol. The molecule has 1 aromatic carbocycles. The maximum absolute atomic E-state index is 12.0. The van der Waals surface area contributed by atoms with Gasteiger partial charge in [-0.15, -0.1) is 5.06 Å². The molecule has 22 heavy (non-hydrogen) atoms. The van der Waals surface area contributed by atoms with Gasteiger partial charge in [0.1, 0.15) is 0 Å². The monoisotopic (exact) mass is 305 g/mol. The third kappa shape index (κ3) is 4.13. The van der Waals surface area contributed by atoms with Crippen LogP contribution in [0.25, 0.3) is 0 Å². The molecule has 1 fully saturated rings. The minimum atomic E-state index is -0.512. The Kier molecular flexibility index (Phi) is 4.96. The summed E-state index contributed by atoms with van der Waals surface area (Å²) in [6.07, 6.45) is 2.44. The Hall–Kier alpha value is -1.75. The molecule has 0 aromatic heterocycles. The van der Waals surface area contributed by atoms with Gasteiger partial charge in [-0.1, -0.05) is 0 Å². The van der Waals surface area contributed by atoms with E-state index in [0.29, 0.717) is 6.54 Å². The zero-order chi connectivity index (χ0) is 16.3. The molecular weight excluding hydrogens is 278 g/mol. The van der Waals surface area contributed by atoms with E-state index in [0.717, 1.165) is 24.3 Å². The first-order valence-corrected chi connectivity index (χ1v) is 7.84. The molecular formula is C17H27N3O2. The van der Waals surface area contributed by atoms with Gasteiger partial charge in [0.2, 0.25) is 0 Å².